The van der Waals surface area contributed by atoms with Gasteiger partial charge in [0, 0.05) is 31.2 Å². The molecular weight excluding hydrogens is 246 g/mol. The van der Waals surface area contributed by atoms with E-state index in [1.165, 1.54) is 22.5 Å². The fourth-order valence-corrected chi connectivity index (χ4v) is 2.84. The molecule has 1 aliphatic carbocycles. The maximum Gasteiger partial charge on any atom is 0.0519 e. The molecule has 3 nitrogen and oxygen atoms in total. The SMILES string of the molecule is CN(C)c1ccc(NC2CCc3cc(N)ccc32)cc1. The van der Waals surface area contributed by atoms with Crippen LogP contribution in [0.15, 0.2) is 42.5 Å². The summed E-state index contributed by atoms with van der Waals surface area (Å²) in [6.07, 6.45) is 2.24. The smallest absolute Gasteiger partial charge is 0.0519 e. The van der Waals surface area contributed by atoms with E-state index in [2.05, 4.69) is 60.7 Å². The minimum absolute atomic E-state index is 0.399. The monoisotopic (exact) mass is 267 g/mol. The molecule has 0 heterocycles. The summed E-state index contributed by atoms with van der Waals surface area (Å²) in [6, 6.07) is 15.2. The number of fused-ring (bicyclic) bond motifs is 1. The molecule has 0 saturated carbocycles. The molecule has 1 aliphatic rings. The number of anilines is 3. The molecule has 2 aromatic rings. The lowest BCUT2D eigenvalue weighted by atomic mass is 10.1. The van der Waals surface area contributed by atoms with Crippen molar-refractivity contribution in [1.29, 1.82) is 0 Å². The number of benzene rings is 2. The van der Waals surface area contributed by atoms with Crippen LogP contribution in [-0.2, 0) is 6.42 Å². The summed E-state index contributed by atoms with van der Waals surface area (Å²) in [6.45, 7) is 0. The summed E-state index contributed by atoms with van der Waals surface area (Å²) in [4.78, 5) is 2.11. The van der Waals surface area contributed by atoms with Crippen LogP contribution in [0.3, 0.4) is 0 Å². The topological polar surface area (TPSA) is 41.3 Å². The van der Waals surface area contributed by atoms with E-state index in [1.54, 1.807) is 0 Å². The highest BCUT2D eigenvalue weighted by molar-refractivity contribution is 5.57. The molecule has 3 N–H and O–H groups in total. The molecule has 104 valence electrons. The molecule has 0 saturated heterocycles. The van der Waals surface area contributed by atoms with E-state index < -0.39 is 0 Å². The van der Waals surface area contributed by atoms with Gasteiger partial charge in [0.1, 0.15) is 0 Å². The molecule has 3 rings (SSSR count). The van der Waals surface area contributed by atoms with Crippen LogP contribution in [0.4, 0.5) is 17.1 Å². The molecule has 20 heavy (non-hydrogen) atoms. The zero-order valence-electron chi connectivity index (χ0n) is 12.1. The summed E-state index contributed by atoms with van der Waals surface area (Å²) in [5.41, 5.74) is 11.9. The maximum absolute atomic E-state index is 5.85. The van der Waals surface area contributed by atoms with Crippen LogP contribution in [0, 0.1) is 0 Å². The van der Waals surface area contributed by atoms with E-state index in [0.29, 0.717) is 6.04 Å². The van der Waals surface area contributed by atoms with Gasteiger partial charge < -0.3 is 16.0 Å². The van der Waals surface area contributed by atoms with Crippen molar-refractivity contribution in [3.05, 3.63) is 53.6 Å². The van der Waals surface area contributed by atoms with Crippen LogP contribution >= 0.6 is 0 Å². The number of nitrogens with two attached hydrogens (primary N) is 1. The van der Waals surface area contributed by atoms with E-state index in [0.717, 1.165) is 18.5 Å². The molecule has 0 radical (unpaired) electrons. The molecular formula is C17H21N3. The van der Waals surface area contributed by atoms with E-state index in [1.807, 2.05) is 6.07 Å². The van der Waals surface area contributed by atoms with Crippen LogP contribution in [-0.4, -0.2) is 14.1 Å². The molecule has 0 amide bonds. The van der Waals surface area contributed by atoms with Crippen LogP contribution in [0.2, 0.25) is 0 Å². The molecule has 1 atom stereocenters. The number of nitrogens with zero attached hydrogens (tertiary/aromatic N) is 1. The van der Waals surface area contributed by atoms with Crippen molar-refractivity contribution in [3.63, 3.8) is 0 Å². The van der Waals surface area contributed by atoms with Crippen molar-refractivity contribution >= 4 is 17.1 Å². The maximum atomic E-state index is 5.85. The zero-order chi connectivity index (χ0) is 14.1. The Bertz CT molecular complexity index is 602. The van der Waals surface area contributed by atoms with E-state index in [-0.39, 0.29) is 0 Å². The van der Waals surface area contributed by atoms with Crippen molar-refractivity contribution in [1.82, 2.24) is 0 Å². The van der Waals surface area contributed by atoms with Crippen LogP contribution < -0.4 is 16.0 Å². The molecule has 0 aromatic heterocycles. The molecule has 0 bridgehead atoms. The van der Waals surface area contributed by atoms with Gasteiger partial charge in [-0.3, -0.25) is 0 Å². The first-order valence-corrected chi connectivity index (χ1v) is 7.06. The third-order valence-electron chi connectivity index (χ3n) is 3.97. The summed E-state index contributed by atoms with van der Waals surface area (Å²) in [5, 5.41) is 3.62. The highest BCUT2D eigenvalue weighted by Gasteiger charge is 2.22. The van der Waals surface area contributed by atoms with Crippen molar-refractivity contribution < 1.29 is 0 Å². The number of aryl methyl sites for hydroxylation is 1. The van der Waals surface area contributed by atoms with Crippen molar-refractivity contribution in [3.8, 4) is 0 Å². The van der Waals surface area contributed by atoms with Crippen LogP contribution in [0.1, 0.15) is 23.6 Å². The lowest BCUT2D eigenvalue weighted by Gasteiger charge is -2.17. The number of nitrogen functional groups attached to an aromatic ring is 1. The van der Waals surface area contributed by atoms with Gasteiger partial charge in [-0.15, -0.1) is 0 Å². The van der Waals surface area contributed by atoms with E-state index >= 15 is 0 Å². The van der Waals surface area contributed by atoms with Crippen LogP contribution in [0.25, 0.3) is 0 Å². The van der Waals surface area contributed by atoms with Gasteiger partial charge >= 0.3 is 0 Å². The van der Waals surface area contributed by atoms with Crippen molar-refractivity contribution in [2.24, 2.45) is 0 Å². The largest absolute Gasteiger partial charge is 0.399 e. The normalized spacial score (nSPS) is 16.8. The Kier molecular flexibility index (Phi) is 3.26. The summed E-state index contributed by atoms with van der Waals surface area (Å²) >= 11 is 0. The first-order valence-electron chi connectivity index (χ1n) is 7.06. The highest BCUT2D eigenvalue weighted by Crippen LogP contribution is 2.35. The first kappa shape index (κ1) is 12.9. The Morgan fingerprint density at radius 3 is 2.55 bits per heavy atom. The molecule has 0 fully saturated rings. The van der Waals surface area contributed by atoms with Gasteiger partial charge in [0.2, 0.25) is 0 Å². The standard InChI is InChI=1S/C17H21N3/c1-20(2)15-7-5-14(6-8-15)19-17-10-3-12-11-13(18)4-9-16(12)17/h4-9,11,17,19H,3,10,18H2,1-2H3. The predicted octanol–water partition coefficient (Wildman–Crippen LogP) is 3.43. The highest BCUT2D eigenvalue weighted by atomic mass is 15.1. The fraction of sp³-hybridized carbons (Fsp3) is 0.294. The van der Waals surface area contributed by atoms with Gasteiger partial charge in [0.05, 0.1) is 6.04 Å². The fourth-order valence-electron chi connectivity index (χ4n) is 2.84. The number of hydrogen-bond donors (Lipinski definition) is 2. The average molecular weight is 267 g/mol. The summed E-state index contributed by atoms with van der Waals surface area (Å²) < 4.78 is 0. The number of nitrogens with one attached hydrogen (secondary N) is 1. The van der Waals surface area contributed by atoms with Gasteiger partial charge in [0.15, 0.2) is 0 Å². The van der Waals surface area contributed by atoms with Gasteiger partial charge in [-0.1, -0.05) is 6.07 Å². The molecule has 0 aliphatic heterocycles. The Labute approximate surface area is 120 Å². The van der Waals surface area contributed by atoms with E-state index in [4.69, 9.17) is 5.73 Å². The second kappa shape index (κ2) is 5.08. The number of rotatable bonds is 3. The van der Waals surface area contributed by atoms with Gasteiger partial charge in [-0.05, 0) is 60.4 Å². The minimum atomic E-state index is 0.399. The second-order valence-electron chi connectivity index (χ2n) is 5.64. The third kappa shape index (κ3) is 2.44. The molecule has 2 aromatic carbocycles. The predicted molar refractivity (Wildman–Crippen MR) is 86.3 cm³/mol. The lowest BCUT2D eigenvalue weighted by molar-refractivity contribution is 0.762. The van der Waals surface area contributed by atoms with Crippen molar-refractivity contribution in [2.45, 2.75) is 18.9 Å². The van der Waals surface area contributed by atoms with Gasteiger partial charge in [-0.2, -0.15) is 0 Å². The Morgan fingerprint density at radius 1 is 1.10 bits per heavy atom. The van der Waals surface area contributed by atoms with Crippen molar-refractivity contribution in [2.75, 3.05) is 30.0 Å². The Balaban J connectivity index is 1.77. The van der Waals surface area contributed by atoms with Gasteiger partial charge in [0.25, 0.3) is 0 Å². The summed E-state index contributed by atoms with van der Waals surface area (Å²) in [5.74, 6) is 0. The summed E-state index contributed by atoms with van der Waals surface area (Å²) in [7, 11) is 4.11. The Morgan fingerprint density at radius 2 is 1.85 bits per heavy atom. The van der Waals surface area contributed by atoms with Crippen LogP contribution in [0.5, 0.6) is 0 Å². The minimum Gasteiger partial charge on any atom is -0.399 e. The lowest BCUT2D eigenvalue weighted by Crippen LogP contribution is -2.09. The third-order valence-corrected chi connectivity index (χ3v) is 3.97. The van der Waals surface area contributed by atoms with Gasteiger partial charge in [-0.25, -0.2) is 0 Å². The number of hydrogen-bond acceptors (Lipinski definition) is 3. The quantitative estimate of drug-likeness (QED) is 0.837. The second-order valence-corrected chi connectivity index (χ2v) is 5.64. The molecule has 1 unspecified atom stereocenters. The zero-order valence-corrected chi connectivity index (χ0v) is 12.1. The molecule has 3 heteroatoms. The Hall–Kier alpha value is -2.16. The first-order chi connectivity index (χ1) is 9.63. The molecule has 0 spiro atoms. The van der Waals surface area contributed by atoms with E-state index in [9.17, 15) is 0 Å². The average Bonchev–Trinajstić information content (AvgIpc) is 2.81.